The van der Waals surface area contributed by atoms with Crippen molar-refractivity contribution in [1.29, 1.82) is 0 Å². The maximum atomic E-state index is 14.9. The van der Waals surface area contributed by atoms with Crippen LogP contribution in [-0.4, -0.2) is 73.4 Å². The van der Waals surface area contributed by atoms with Crippen molar-refractivity contribution >= 4 is 43.9 Å². The molecular weight excluding hydrogens is 690 g/mol. The van der Waals surface area contributed by atoms with Gasteiger partial charge in [-0.3, -0.25) is 19.2 Å². The molecule has 2 aliphatic heterocycles. The largest absolute Gasteiger partial charge is 0.411 e. The molecular formula is C27H24F6N2O10S2. The van der Waals surface area contributed by atoms with Crippen LogP contribution in [0.5, 0.6) is 0 Å². The maximum absolute atomic E-state index is 14.9. The lowest BCUT2D eigenvalue weighted by Gasteiger charge is -2.38. The molecule has 20 heteroatoms. The minimum absolute atomic E-state index is 0.0399. The number of hydrogen-bond donors (Lipinski definition) is 0. The Bertz CT molecular complexity index is 1770. The molecule has 0 aliphatic carbocycles. The Balaban J connectivity index is 1.88. The van der Waals surface area contributed by atoms with E-state index in [9.17, 15) is 62.4 Å². The highest BCUT2D eigenvalue weighted by Crippen LogP contribution is 2.57. The fraction of sp³-hybridized carbons (Fsp3) is 0.407. The van der Waals surface area contributed by atoms with E-state index in [4.69, 9.17) is 0 Å². The Morgan fingerprint density at radius 2 is 0.894 bits per heavy atom. The zero-order valence-electron chi connectivity index (χ0n) is 24.6. The third kappa shape index (κ3) is 5.59. The van der Waals surface area contributed by atoms with Crippen LogP contribution < -0.4 is 0 Å². The molecule has 2 unspecified atom stereocenters. The highest BCUT2D eigenvalue weighted by Gasteiger charge is 2.73. The Morgan fingerprint density at radius 1 is 0.596 bits per heavy atom. The van der Waals surface area contributed by atoms with Gasteiger partial charge in [0.05, 0.1) is 32.8 Å². The molecule has 0 aromatic heterocycles. The number of hydroxylamine groups is 4. The van der Waals surface area contributed by atoms with E-state index in [0.29, 0.717) is 12.1 Å². The van der Waals surface area contributed by atoms with Crippen LogP contribution in [0, 0.1) is 0 Å². The Kier molecular flexibility index (Phi) is 8.93. The van der Waals surface area contributed by atoms with Crippen LogP contribution >= 0.6 is 0 Å². The minimum atomic E-state index is -6.28. The normalized spacial score (nSPS) is 17.3. The third-order valence-corrected chi connectivity index (χ3v) is 11.3. The molecule has 0 spiro atoms. The molecule has 2 aromatic rings. The average molecular weight is 715 g/mol. The molecule has 0 bridgehead atoms. The molecule has 4 rings (SSSR count). The lowest BCUT2D eigenvalue weighted by Crippen LogP contribution is -2.55. The zero-order valence-corrected chi connectivity index (χ0v) is 26.2. The van der Waals surface area contributed by atoms with Gasteiger partial charge in [0.1, 0.15) is 0 Å². The number of fused-ring (bicyclic) bond motifs is 2. The molecule has 47 heavy (non-hydrogen) atoms. The number of carbonyl (C=O) groups excluding carboxylic acids is 4. The molecule has 0 radical (unpaired) electrons. The number of benzene rings is 2. The summed E-state index contributed by atoms with van der Waals surface area (Å²) < 4.78 is 148. The molecule has 4 amide bonds. The van der Waals surface area contributed by atoms with Gasteiger partial charge in [0.2, 0.25) is 5.41 Å². The maximum Gasteiger partial charge on any atom is 0.411 e. The summed E-state index contributed by atoms with van der Waals surface area (Å²) >= 11 is 0. The van der Waals surface area contributed by atoms with Gasteiger partial charge in [0, 0.05) is 0 Å². The Hall–Kier alpha value is -3.88. The Labute approximate surface area is 263 Å². The fourth-order valence-corrected chi connectivity index (χ4v) is 6.58. The van der Waals surface area contributed by atoms with E-state index in [1.54, 1.807) is 0 Å². The summed E-state index contributed by atoms with van der Waals surface area (Å²) in [5, 5.41) is -3.09. The molecule has 256 valence electrons. The predicted octanol–water partition coefficient (Wildman–Crippen LogP) is 4.41. The first-order chi connectivity index (χ1) is 21.5. The van der Waals surface area contributed by atoms with E-state index in [1.165, 1.54) is 13.8 Å². The second-order valence-electron chi connectivity index (χ2n) is 10.6. The van der Waals surface area contributed by atoms with Gasteiger partial charge in [-0.05, 0) is 62.1 Å². The molecule has 2 aromatic carbocycles. The predicted molar refractivity (Wildman–Crippen MR) is 146 cm³/mol. The van der Waals surface area contributed by atoms with Crippen molar-refractivity contribution in [2.45, 2.75) is 68.8 Å². The van der Waals surface area contributed by atoms with Crippen LogP contribution in [0.1, 0.15) is 93.1 Å². The molecule has 0 fully saturated rings. The van der Waals surface area contributed by atoms with Crippen LogP contribution in [0.4, 0.5) is 26.3 Å². The van der Waals surface area contributed by atoms with Crippen LogP contribution in [0.15, 0.2) is 36.4 Å². The number of alkyl halides is 6. The molecule has 12 nitrogen and oxygen atoms in total. The van der Waals surface area contributed by atoms with E-state index in [1.807, 2.05) is 0 Å². The number of amides is 4. The van der Waals surface area contributed by atoms with Crippen molar-refractivity contribution < 1.29 is 70.9 Å². The molecule has 2 atom stereocenters. The van der Waals surface area contributed by atoms with Crippen LogP contribution in [-0.2, 0) is 34.2 Å². The van der Waals surface area contributed by atoms with E-state index in [-0.39, 0.29) is 47.2 Å². The summed E-state index contributed by atoms with van der Waals surface area (Å²) in [6.07, 6.45) is -12.6. The summed E-state index contributed by atoms with van der Waals surface area (Å²) in [7, 11) is -9.26. The zero-order chi connectivity index (χ0) is 35.7. The fourth-order valence-electron chi connectivity index (χ4n) is 4.78. The number of halogens is 6. The van der Waals surface area contributed by atoms with Gasteiger partial charge >= 0.3 is 12.4 Å². The first kappa shape index (κ1) is 36.0. The lowest BCUT2D eigenvalue weighted by atomic mass is 9.71. The highest BCUT2D eigenvalue weighted by atomic mass is 32.2. The SMILES string of the molecule is CCC(C)S(=O)(=O)ON1C(=O)c2ccc(C(c3ccc4c(c3)C(=O)N(OS(=O)(=O)C(C)CC)C4=O)(C(F)(F)F)C(F)(F)F)cc2C1=O. The topological polar surface area (TPSA) is 161 Å². The summed E-state index contributed by atoms with van der Waals surface area (Å²) in [6.45, 7) is 5.18. The van der Waals surface area contributed by atoms with Gasteiger partial charge < -0.3 is 0 Å². The van der Waals surface area contributed by atoms with Crippen LogP contribution in [0.3, 0.4) is 0 Å². The lowest BCUT2D eigenvalue weighted by molar-refractivity contribution is -0.288. The minimum Gasteiger partial charge on any atom is -0.266 e. The smallest absolute Gasteiger partial charge is 0.266 e. The van der Waals surface area contributed by atoms with Gasteiger partial charge in [-0.1, -0.05) is 26.0 Å². The van der Waals surface area contributed by atoms with Gasteiger partial charge in [0.15, 0.2) is 0 Å². The molecule has 0 saturated heterocycles. The first-order valence-corrected chi connectivity index (χ1v) is 16.5. The molecule has 0 N–H and O–H groups in total. The highest BCUT2D eigenvalue weighted by molar-refractivity contribution is 7.87. The summed E-state index contributed by atoms with van der Waals surface area (Å²) in [4.78, 5) is 51.4. The standard InChI is InChI=1S/C27H24F6N2O10S2/c1-5-13(3)46(40,41)44-34-21(36)17-9-7-15(11-19(17)23(34)38)25(26(28,29)30,27(31,32)33)16-8-10-18-20(12-16)24(39)35(22(18)37)45-47(42,43)14(4)6-2/h7-14H,5-6H2,1-4H3. The second kappa shape index (κ2) is 11.7. The van der Waals surface area contributed by atoms with Crippen molar-refractivity contribution in [3.63, 3.8) is 0 Å². The number of carbonyl (C=O) groups is 4. The monoisotopic (exact) mass is 714 g/mol. The van der Waals surface area contributed by atoms with Gasteiger partial charge in [-0.15, -0.1) is 18.7 Å². The number of rotatable bonds is 10. The second-order valence-corrected chi connectivity index (χ2v) is 14.5. The van der Waals surface area contributed by atoms with Gasteiger partial charge in [-0.2, -0.15) is 43.2 Å². The van der Waals surface area contributed by atoms with E-state index < -0.39 is 106 Å². The van der Waals surface area contributed by atoms with Gasteiger partial charge in [0.25, 0.3) is 43.9 Å². The van der Waals surface area contributed by atoms with Crippen molar-refractivity contribution in [2.75, 3.05) is 0 Å². The molecule has 2 heterocycles. The van der Waals surface area contributed by atoms with E-state index in [0.717, 1.165) is 13.8 Å². The quantitative estimate of drug-likeness (QED) is 0.255. The van der Waals surface area contributed by atoms with E-state index >= 15 is 0 Å². The van der Waals surface area contributed by atoms with E-state index in [2.05, 4.69) is 8.57 Å². The summed E-state index contributed by atoms with van der Waals surface area (Å²) in [5.74, 6) is -6.27. The van der Waals surface area contributed by atoms with Crippen molar-refractivity contribution in [2.24, 2.45) is 0 Å². The molecule has 0 saturated carbocycles. The first-order valence-electron chi connectivity index (χ1n) is 13.5. The van der Waals surface area contributed by atoms with Crippen molar-refractivity contribution in [3.05, 3.63) is 69.8 Å². The average Bonchev–Trinajstić information content (AvgIpc) is 3.34. The third-order valence-electron chi connectivity index (χ3n) is 7.91. The number of nitrogens with zero attached hydrogens (tertiary/aromatic N) is 2. The molecule has 2 aliphatic rings. The number of imide groups is 2. The van der Waals surface area contributed by atoms with Crippen molar-refractivity contribution in [3.8, 4) is 0 Å². The van der Waals surface area contributed by atoms with Crippen LogP contribution in [0.25, 0.3) is 0 Å². The summed E-state index contributed by atoms with van der Waals surface area (Å²) in [5.41, 5.74) is -12.0. The summed E-state index contributed by atoms with van der Waals surface area (Å²) in [6, 6.07) is 1.59. The Morgan fingerprint density at radius 3 is 1.17 bits per heavy atom. The number of hydrogen-bond acceptors (Lipinski definition) is 10. The van der Waals surface area contributed by atoms with Gasteiger partial charge in [-0.25, -0.2) is 0 Å². The van der Waals surface area contributed by atoms with Crippen molar-refractivity contribution in [1.82, 2.24) is 10.1 Å². The van der Waals surface area contributed by atoms with Crippen LogP contribution in [0.2, 0.25) is 0 Å².